The minimum Gasteiger partial charge on any atom is -0.478 e. The fourth-order valence-corrected chi connectivity index (χ4v) is 2.23. The number of hydrogen-bond acceptors (Lipinski definition) is 5. The fourth-order valence-electron chi connectivity index (χ4n) is 1.45. The van der Waals surface area contributed by atoms with E-state index in [1.54, 1.807) is 25.1 Å². The van der Waals surface area contributed by atoms with Crippen LogP contribution in [-0.4, -0.2) is 21.0 Å². The quantitative estimate of drug-likeness (QED) is 0.863. The number of aromatic nitrogens is 2. The third-order valence-electron chi connectivity index (χ3n) is 2.40. The van der Waals surface area contributed by atoms with Crippen LogP contribution < -0.4 is 0 Å². The van der Waals surface area contributed by atoms with Crippen molar-refractivity contribution in [3.63, 3.8) is 0 Å². The number of hydrogen-bond donors (Lipinski definition) is 1. The third-order valence-corrected chi connectivity index (χ3v) is 3.27. The molecule has 0 spiro atoms. The van der Waals surface area contributed by atoms with E-state index in [9.17, 15) is 4.79 Å². The molecule has 0 aliphatic carbocycles. The van der Waals surface area contributed by atoms with Crippen LogP contribution in [0.5, 0.6) is 0 Å². The first-order valence-electron chi connectivity index (χ1n) is 5.35. The average molecular weight is 271 g/mol. The molecule has 0 bridgehead atoms. The molecule has 1 aromatic carbocycles. The van der Waals surface area contributed by atoms with Gasteiger partial charge >= 0.3 is 5.97 Å². The van der Waals surface area contributed by atoms with Crippen molar-refractivity contribution in [3.8, 4) is 6.07 Å². The molecule has 5 nitrogen and oxygen atoms in total. The molecular weight excluding hydrogens is 262 g/mol. The van der Waals surface area contributed by atoms with Crippen molar-refractivity contribution >= 4 is 17.7 Å². The molecule has 94 valence electrons. The van der Waals surface area contributed by atoms with E-state index in [-0.39, 0.29) is 11.3 Å². The SMILES string of the molecule is Cc1ccc(Sc2nccc(C#N)n2)cc1C(=O)O. The maximum absolute atomic E-state index is 11.0. The maximum Gasteiger partial charge on any atom is 0.335 e. The Labute approximate surface area is 113 Å². The van der Waals surface area contributed by atoms with E-state index in [1.807, 2.05) is 6.07 Å². The molecule has 0 atom stereocenters. The highest BCUT2D eigenvalue weighted by atomic mass is 32.2. The summed E-state index contributed by atoms with van der Waals surface area (Å²) in [6.45, 7) is 1.74. The van der Waals surface area contributed by atoms with Gasteiger partial charge in [0.15, 0.2) is 5.16 Å². The lowest BCUT2D eigenvalue weighted by molar-refractivity contribution is 0.0696. The van der Waals surface area contributed by atoms with Crippen molar-refractivity contribution in [2.24, 2.45) is 0 Å². The summed E-state index contributed by atoms with van der Waals surface area (Å²) >= 11 is 1.22. The summed E-state index contributed by atoms with van der Waals surface area (Å²) in [4.78, 5) is 19.8. The zero-order chi connectivity index (χ0) is 13.8. The Morgan fingerprint density at radius 3 is 2.89 bits per heavy atom. The van der Waals surface area contributed by atoms with E-state index in [1.165, 1.54) is 24.0 Å². The van der Waals surface area contributed by atoms with Gasteiger partial charge in [0.1, 0.15) is 11.8 Å². The van der Waals surface area contributed by atoms with Crippen molar-refractivity contribution < 1.29 is 9.90 Å². The molecule has 0 radical (unpaired) electrons. The molecule has 0 saturated heterocycles. The number of rotatable bonds is 3. The number of benzene rings is 1. The zero-order valence-corrected chi connectivity index (χ0v) is 10.8. The predicted molar refractivity (Wildman–Crippen MR) is 69.0 cm³/mol. The standard InChI is InChI=1S/C13H9N3O2S/c1-8-2-3-10(6-11(8)12(17)18)19-13-15-5-4-9(7-14)16-13/h2-6H,1H3,(H,17,18). The van der Waals surface area contributed by atoms with E-state index < -0.39 is 5.97 Å². The van der Waals surface area contributed by atoms with Crippen molar-refractivity contribution in [3.05, 3.63) is 47.3 Å². The smallest absolute Gasteiger partial charge is 0.335 e. The molecule has 0 saturated carbocycles. The number of carboxylic acids is 1. The monoisotopic (exact) mass is 271 g/mol. The van der Waals surface area contributed by atoms with Crippen LogP contribution in [0.1, 0.15) is 21.6 Å². The van der Waals surface area contributed by atoms with Gasteiger partial charge in [-0.15, -0.1) is 0 Å². The van der Waals surface area contributed by atoms with Gasteiger partial charge in [0, 0.05) is 11.1 Å². The number of aryl methyl sites for hydroxylation is 1. The number of aromatic carboxylic acids is 1. The van der Waals surface area contributed by atoms with Crippen molar-refractivity contribution in [1.29, 1.82) is 5.26 Å². The van der Waals surface area contributed by atoms with E-state index in [0.29, 0.717) is 10.7 Å². The summed E-state index contributed by atoms with van der Waals surface area (Å²) in [5.74, 6) is -0.966. The summed E-state index contributed by atoms with van der Waals surface area (Å²) in [6, 6.07) is 8.56. The van der Waals surface area contributed by atoms with Gasteiger partial charge in [0.2, 0.25) is 0 Å². The Balaban J connectivity index is 2.31. The Morgan fingerprint density at radius 2 is 2.21 bits per heavy atom. The molecule has 0 amide bonds. The lowest BCUT2D eigenvalue weighted by Crippen LogP contribution is -1.99. The highest BCUT2D eigenvalue weighted by Crippen LogP contribution is 2.26. The minimum atomic E-state index is -0.966. The van der Waals surface area contributed by atoms with Gasteiger partial charge in [0.25, 0.3) is 0 Å². The normalized spacial score (nSPS) is 9.89. The van der Waals surface area contributed by atoms with Gasteiger partial charge in [-0.2, -0.15) is 5.26 Å². The van der Waals surface area contributed by atoms with Crippen LogP contribution in [0, 0.1) is 18.3 Å². The van der Waals surface area contributed by atoms with Gasteiger partial charge in [-0.05, 0) is 42.4 Å². The van der Waals surface area contributed by atoms with E-state index in [4.69, 9.17) is 10.4 Å². The van der Waals surface area contributed by atoms with E-state index in [2.05, 4.69) is 9.97 Å². The van der Waals surface area contributed by atoms with Crippen LogP contribution in [0.2, 0.25) is 0 Å². The van der Waals surface area contributed by atoms with Crippen LogP contribution in [0.25, 0.3) is 0 Å². The summed E-state index contributed by atoms with van der Waals surface area (Å²) < 4.78 is 0. The minimum absolute atomic E-state index is 0.251. The summed E-state index contributed by atoms with van der Waals surface area (Å²) in [5, 5.41) is 18.2. The van der Waals surface area contributed by atoms with Crippen LogP contribution in [0.4, 0.5) is 0 Å². The van der Waals surface area contributed by atoms with Gasteiger partial charge < -0.3 is 5.11 Å². The molecule has 1 N–H and O–H groups in total. The molecular formula is C13H9N3O2S. The lowest BCUT2D eigenvalue weighted by Gasteiger charge is -2.04. The van der Waals surface area contributed by atoms with Crippen molar-refractivity contribution in [2.45, 2.75) is 17.0 Å². The summed E-state index contributed by atoms with van der Waals surface area (Å²) in [6.07, 6.45) is 1.50. The van der Waals surface area contributed by atoms with E-state index >= 15 is 0 Å². The van der Waals surface area contributed by atoms with Crippen LogP contribution >= 0.6 is 11.8 Å². The topological polar surface area (TPSA) is 86.9 Å². The number of carboxylic acid groups (broad SMARTS) is 1. The molecule has 0 aliphatic rings. The first-order chi connectivity index (χ1) is 9.10. The highest BCUT2D eigenvalue weighted by Gasteiger charge is 2.09. The second-order valence-electron chi connectivity index (χ2n) is 3.72. The third kappa shape index (κ3) is 3.09. The van der Waals surface area contributed by atoms with Gasteiger partial charge in [-0.1, -0.05) is 6.07 Å². The fraction of sp³-hybridized carbons (Fsp3) is 0.0769. The lowest BCUT2D eigenvalue weighted by atomic mass is 10.1. The molecule has 0 aliphatic heterocycles. The maximum atomic E-state index is 11.0. The van der Waals surface area contributed by atoms with Gasteiger partial charge in [-0.25, -0.2) is 14.8 Å². The molecule has 1 heterocycles. The predicted octanol–water partition coefficient (Wildman–Crippen LogP) is 2.51. The van der Waals surface area contributed by atoms with Gasteiger partial charge in [0.05, 0.1) is 5.56 Å². The first-order valence-corrected chi connectivity index (χ1v) is 6.17. The molecule has 6 heteroatoms. The Bertz CT molecular complexity index is 680. The molecule has 2 rings (SSSR count). The molecule has 19 heavy (non-hydrogen) atoms. The van der Waals surface area contributed by atoms with Gasteiger partial charge in [-0.3, -0.25) is 0 Å². The second-order valence-corrected chi connectivity index (χ2v) is 4.76. The number of nitrogens with zero attached hydrogens (tertiary/aromatic N) is 3. The molecule has 2 aromatic rings. The van der Waals surface area contributed by atoms with Crippen LogP contribution in [-0.2, 0) is 0 Å². The largest absolute Gasteiger partial charge is 0.478 e. The Kier molecular flexibility index (Phi) is 3.78. The Morgan fingerprint density at radius 1 is 1.42 bits per heavy atom. The molecule has 0 fully saturated rings. The van der Waals surface area contributed by atoms with Crippen molar-refractivity contribution in [1.82, 2.24) is 9.97 Å². The number of carbonyl (C=O) groups is 1. The average Bonchev–Trinajstić information content (AvgIpc) is 2.41. The highest BCUT2D eigenvalue weighted by molar-refractivity contribution is 7.99. The number of nitriles is 1. The molecule has 0 unspecified atom stereocenters. The summed E-state index contributed by atoms with van der Waals surface area (Å²) in [5.41, 5.74) is 1.23. The van der Waals surface area contributed by atoms with Crippen LogP contribution in [0.15, 0.2) is 40.5 Å². The zero-order valence-electron chi connectivity index (χ0n) is 9.99. The first kappa shape index (κ1) is 13.1. The van der Waals surface area contributed by atoms with E-state index in [0.717, 1.165) is 4.90 Å². The Hall–Kier alpha value is -2.39. The molecule has 1 aromatic heterocycles. The van der Waals surface area contributed by atoms with Crippen LogP contribution in [0.3, 0.4) is 0 Å². The summed E-state index contributed by atoms with van der Waals surface area (Å²) in [7, 11) is 0. The van der Waals surface area contributed by atoms with Crippen molar-refractivity contribution in [2.75, 3.05) is 0 Å². The second kappa shape index (κ2) is 5.50.